The van der Waals surface area contributed by atoms with Gasteiger partial charge in [-0.15, -0.1) is 12.6 Å². The first-order valence-corrected chi connectivity index (χ1v) is 14.8. The van der Waals surface area contributed by atoms with Gasteiger partial charge in [-0.05, 0) is 50.8 Å². The van der Waals surface area contributed by atoms with Crippen molar-refractivity contribution in [2.75, 3.05) is 49.9 Å². The van der Waals surface area contributed by atoms with Crippen LogP contribution in [0.1, 0.15) is 26.7 Å². The van der Waals surface area contributed by atoms with Gasteiger partial charge in [-0.1, -0.05) is 30.3 Å². The molecule has 4 N–H and O–H groups in total. The topological polar surface area (TPSA) is 116 Å². The summed E-state index contributed by atoms with van der Waals surface area (Å²) in [5.74, 6) is 1.22. The van der Waals surface area contributed by atoms with Crippen LogP contribution in [0.5, 0.6) is 0 Å². The molecule has 36 heavy (non-hydrogen) atoms. The summed E-state index contributed by atoms with van der Waals surface area (Å²) in [7, 11) is 1.50. The Hall–Kier alpha value is -1.50. The van der Waals surface area contributed by atoms with Crippen LogP contribution < -0.4 is 16.4 Å². The van der Waals surface area contributed by atoms with Gasteiger partial charge in [0.15, 0.2) is 0 Å². The molecule has 1 atom stereocenters. The fourth-order valence-corrected chi connectivity index (χ4v) is 4.86. The number of nitrogen functional groups attached to an aromatic ring is 1. The molecule has 0 radical (unpaired) electrons. The number of thiol groups is 1. The van der Waals surface area contributed by atoms with Crippen molar-refractivity contribution in [1.29, 1.82) is 0 Å². The highest BCUT2D eigenvalue weighted by Crippen LogP contribution is 2.40. The minimum Gasteiger partial charge on any atom is -0.382 e. The number of hydrogen-bond acceptors (Lipinski definition) is 11. The number of fused-ring (bicyclic) bond motifs is 1. The number of piperidine rings is 1. The first-order valence-electron chi connectivity index (χ1n) is 11.5. The van der Waals surface area contributed by atoms with E-state index in [0.717, 1.165) is 52.4 Å². The molecular formula is C24H36ClN7OS3. The fourth-order valence-electron chi connectivity index (χ4n) is 3.63. The molecule has 8 nitrogen and oxygen atoms in total. The van der Waals surface area contributed by atoms with Crippen molar-refractivity contribution >= 4 is 70.3 Å². The maximum absolute atomic E-state index is 6.33. The van der Waals surface area contributed by atoms with Crippen molar-refractivity contribution in [2.24, 2.45) is 11.1 Å². The van der Waals surface area contributed by atoms with Crippen molar-refractivity contribution in [1.82, 2.24) is 19.9 Å². The first-order chi connectivity index (χ1) is 17.3. The molecule has 0 spiro atoms. The van der Waals surface area contributed by atoms with Crippen LogP contribution in [0.25, 0.3) is 10.9 Å². The molecule has 3 aromatic rings. The lowest BCUT2D eigenvalue weighted by Crippen LogP contribution is -2.41. The Balaban J connectivity index is 0.000000850. The number of aromatic nitrogens is 4. The second-order valence-corrected chi connectivity index (χ2v) is 11.5. The summed E-state index contributed by atoms with van der Waals surface area (Å²) < 4.78 is 5.77. The summed E-state index contributed by atoms with van der Waals surface area (Å²) in [5.41, 5.74) is 11.3. The van der Waals surface area contributed by atoms with Crippen LogP contribution in [0, 0.1) is 5.41 Å². The molecule has 1 saturated heterocycles. The Morgan fingerprint density at radius 3 is 2.47 bits per heavy atom. The number of halogens is 1. The summed E-state index contributed by atoms with van der Waals surface area (Å²) in [6, 6.07) is 1.84. The maximum atomic E-state index is 6.33. The zero-order valence-electron chi connectivity index (χ0n) is 21.4. The largest absolute Gasteiger partial charge is 0.382 e. The van der Waals surface area contributed by atoms with E-state index in [2.05, 4.69) is 45.1 Å². The summed E-state index contributed by atoms with van der Waals surface area (Å²) in [6.45, 7) is 6.74. The Labute approximate surface area is 233 Å². The van der Waals surface area contributed by atoms with Gasteiger partial charge in [0.1, 0.15) is 18.0 Å². The second kappa shape index (κ2) is 15.0. The molecule has 0 aliphatic carbocycles. The molecule has 0 saturated carbocycles. The monoisotopic (exact) mass is 569 g/mol. The molecule has 198 valence electrons. The van der Waals surface area contributed by atoms with Crippen molar-refractivity contribution in [2.45, 2.75) is 41.9 Å². The molecule has 1 aliphatic rings. The average Bonchev–Trinajstić information content (AvgIpc) is 2.88. The number of nitrogens with zero attached hydrogens (tertiary/aromatic N) is 5. The molecule has 1 fully saturated rings. The van der Waals surface area contributed by atoms with Gasteiger partial charge in [-0.25, -0.2) is 19.9 Å². The van der Waals surface area contributed by atoms with Crippen LogP contribution in [0.3, 0.4) is 0 Å². The highest BCUT2D eigenvalue weighted by Gasteiger charge is 2.32. The van der Waals surface area contributed by atoms with E-state index in [-0.39, 0.29) is 10.9 Å². The Kier molecular flexibility index (Phi) is 12.8. The summed E-state index contributed by atoms with van der Waals surface area (Å²) in [6.07, 6.45) is 13.0. The van der Waals surface area contributed by atoms with Gasteiger partial charge in [0, 0.05) is 36.6 Å². The number of ether oxygens (including phenoxy) is 1. The zero-order chi connectivity index (χ0) is 26.7. The SMILES string of the molecule is CN.CSC.C[C@@H](S)OCC1(C)CCN(c2ncc(Sc3ccnc(N)c3Cl)c3ncncc23)CC1. The lowest BCUT2D eigenvalue weighted by atomic mass is 9.81. The third-order valence-corrected chi connectivity index (χ3v) is 7.27. The van der Waals surface area contributed by atoms with Gasteiger partial charge in [-0.3, -0.25) is 0 Å². The van der Waals surface area contributed by atoms with Crippen molar-refractivity contribution in [3.63, 3.8) is 0 Å². The predicted octanol–water partition coefficient (Wildman–Crippen LogP) is 5.26. The predicted molar refractivity (Wildman–Crippen MR) is 159 cm³/mol. The highest BCUT2D eigenvalue weighted by atomic mass is 35.5. The number of hydrogen-bond donors (Lipinski definition) is 3. The van der Waals surface area contributed by atoms with Crippen molar-refractivity contribution in [3.05, 3.63) is 36.0 Å². The fraction of sp³-hybridized carbons (Fsp3) is 0.500. The molecule has 0 unspecified atom stereocenters. The van der Waals surface area contributed by atoms with Gasteiger partial charge in [0.25, 0.3) is 0 Å². The molecular weight excluding hydrogens is 534 g/mol. The lowest BCUT2D eigenvalue weighted by molar-refractivity contribution is 0.0326. The van der Waals surface area contributed by atoms with E-state index in [0.29, 0.717) is 17.4 Å². The average molecular weight is 570 g/mol. The number of thioether (sulfide) groups is 1. The Bertz CT molecular complexity index is 1100. The summed E-state index contributed by atoms with van der Waals surface area (Å²) in [5, 5.41) is 1.36. The molecule has 0 bridgehead atoms. The Morgan fingerprint density at radius 1 is 1.17 bits per heavy atom. The van der Waals surface area contributed by atoms with Crippen LogP contribution in [-0.2, 0) is 4.74 Å². The standard InChI is InChI=1S/C21H25ClN6OS2.C2H6S.CH5N/c1-13(30)29-11-21(2)4-7-28(8-5-21)20-14-9-24-12-27-18(14)16(10-26-20)31-15-3-6-25-19(23)17(15)22;1-3-2;1-2/h3,6,9-10,12-13,30H,4-5,7-8,11H2,1-2H3,(H2,23,25);1-2H3;2H2,1H3/t13-;;/m1../s1. The number of anilines is 2. The number of pyridine rings is 2. The number of rotatable bonds is 6. The van der Waals surface area contributed by atoms with E-state index in [1.54, 1.807) is 24.3 Å². The van der Waals surface area contributed by atoms with E-state index in [1.165, 1.54) is 18.8 Å². The smallest absolute Gasteiger partial charge is 0.143 e. The van der Waals surface area contributed by atoms with Gasteiger partial charge in [0.2, 0.25) is 0 Å². The van der Waals surface area contributed by atoms with Crippen LogP contribution in [0.15, 0.2) is 40.8 Å². The molecule has 12 heteroatoms. The van der Waals surface area contributed by atoms with Crippen molar-refractivity contribution < 1.29 is 4.74 Å². The summed E-state index contributed by atoms with van der Waals surface area (Å²) >= 11 is 13.9. The molecule has 3 aromatic heterocycles. The quantitative estimate of drug-likeness (QED) is 0.268. The van der Waals surface area contributed by atoms with Gasteiger partial charge < -0.3 is 21.1 Å². The molecule has 1 aliphatic heterocycles. The van der Waals surface area contributed by atoms with Crippen LogP contribution in [0.2, 0.25) is 5.02 Å². The van der Waals surface area contributed by atoms with E-state index >= 15 is 0 Å². The molecule has 4 rings (SSSR count). The van der Waals surface area contributed by atoms with Crippen LogP contribution >= 0.6 is 47.8 Å². The first kappa shape index (κ1) is 30.7. The van der Waals surface area contributed by atoms with Crippen LogP contribution in [-0.4, -0.2) is 64.6 Å². The van der Waals surface area contributed by atoms with E-state index in [1.807, 2.05) is 37.9 Å². The molecule has 0 aromatic carbocycles. The van der Waals surface area contributed by atoms with Gasteiger partial charge in [0.05, 0.1) is 32.9 Å². The van der Waals surface area contributed by atoms with E-state index in [9.17, 15) is 0 Å². The molecule has 4 heterocycles. The van der Waals surface area contributed by atoms with E-state index < -0.39 is 0 Å². The van der Waals surface area contributed by atoms with Gasteiger partial charge in [-0.2, -0.15) is 11.8 Å². The second-order valence-electron chi connectivity index (χ2n) is 8.46. The molecule has 0 amide bonds. The van der Waals surface area contributed by atoms with E-state index in [4.69, 9.17) is 27.1 Å². The third kappa shape index (κ3) is 8.26. The Morgan fingerprint density at radius 2 is 1.83 bits per heavy atom. The van der Waals surface area contributed by atoms with Crippen molar-refractivity contribution in [3.8, 4) is 0 Å². The lowest BCUT2D eigenvalue weighted by Gasteiger charge is -2.40. The zero-order valence-corrected chi connectivity index (χ0v) is 24.7. The minimum atomic E-state index is -0.0492. The minimum absolute atomic E-state index is 0.0492. The summed E-state index contributed by atoms with van der Waals surface area (Å²) in [4.78, 5) is 21.6. The third-order valence-electron chi connectivity index (χ3n) is 5.53. The van der Waals surface area contributed by atoms with Gasteiger partial charge >= 0.3 is 0 Å². The highest BCUT2D eigenvalue weighted by molar-refractivity contribution is 7.99. The normalized spacial score (nSPS) is 15.4. The maximum Gasteiger partial charge on any atom is 0.143 e. The van der Waals surface area contributed by atoms with Crippen LogP contribution in [0.4, 0.5) is 11.6 Å². The number of nitrogens with two attached hydrogens (primary N) is 2.